The highest BCUT2D eigenvalue weighted by Crippen LogP contribution is 2.07. The number of hydrogen-bond acceptors (Lipinski definition) is 4. The van der Waals surface area contributed by atoms with Crippen molar-refractivity contribution in [1.29, 1.82) is 0 Å². The molecule has 0 aliphatic heterocycles. The van der Waals surface area contributed by atoms with Crippen molar-refractivity contribution in [3.63, 3.8) is 0 Å². The number of amides is 1. The number of nitrogens with one attached hydrogen (secondary N) is 1. The first-order chi connectivity index (χ1) is 10.9. The zero-order valence-corrected chi connectivity index (χ0v) is 14.0. The van der Waals surface area contributed by atoms with Crippen molar-refractivity contribution >= 4 is 6.09 Å². The Hall–Kier alpha value is -2.31. The van der Waals surface area contributed by atoms with Crippen LogP contribution in [0.5, 0.6) is 0 Å². The fourth-order valence-electron chi connectivity index (χ4n) is 2.20. The van der Waals surface area contributed by atoms with E-state index in [9.17, 15) is 4.79 Å². The average Bonchev–Trinajstić information content (AvgIpc) is 3.09. The molecule has 0 unspecified atom stereocenters. The van der Waals surface area contributed by atoms with Crippen LogP contribution in [0.2, 0.25) is 0 Å². The highest BCUT2D eigenvalue weighted by atomic mass is 16.6. The average molecular weight is 319 g/mol. The van der Waals surface area contributed by atoms with Crippen LogP contribution in [0.3, 0.4) is 0 Å². The second-order valence-electron chi connectivity index (χ2n) is 6.38. The molecule has 7 heteroatoms. The second-order valence-corrected chi connectivity index (χ2v) is 6.38. The third-order valence-electron chi connectivity index (χ3n) is 3.19. The van der Waals surface area contributed by atoms with E-state index in [2.05, 4.69) is 20.0 Å². The van der Waals surface area contributed by atoms with Crippen molar-refractivity contribution in [1.82, 2.24) is 24.6 Å². The maximum Gasteiger partial charge on any atom is 0.407 e. The zero-order valence-electron chi connectivity index (χ0n) is 14.0. The van der Waals surface area contributed by atoms with Gasteiger partial charge in [-0.25, -0.2) is 9.78 Å². The van der Waals surface area contributed by atoms with Gasteiger partial charge in [-0.15, -0.1) is 0 Å². The van der Waals surface area contributed by atoms with Gasteiger partial charge in [-0.3, -0.25) is 4.68 Å². The molecule has 1 amide bonds. The molecule has 0 bridgehead atoms. The minimum atomic E-state index is -0.474. The number of carbonyl (C=O) groups is 1. The first kappa shape index (κ1) is 17.1. The lowest BCUT2D eigenvalue weighted by atomic mass is 10.2. The van der Waals surface area contributed by atoms with Crippen LogP contribution in [0.1, 0.15) is 32.9 Å². The molecule has 0 aliphatic carbocycles. The fourth-order valence-corrected chi connectivity index (χ4v) is 2.20. The summed E-state index contributed by atoms with van der Waals surface area (Å²) in [6.45, 7) is 7.83. The number of alkyl carbamates (subject to hydrolysis) is 1. The second kappa shape index (κ2) is 7.80. The van der Waals surface area contributed by atoms with Crippen molar-refractivity contribution in [3.8, 4) is 0 Å². The minimum absolute atomic E-state index is 0.387. The molecule has 23 heavy (non-hydrogen) atoms. The molecule has 0 radical (unpaired) electrons. The summed E-state index contributed by atoms with van der Waals surface area (Å²) in [5.74, 6) is 0. The summed E-state index contributed by atoms with van der Waals surface area (Å²) < 4.78 is 9.24. The summed E-state index contributed by atoms with van der Waals surface area (Å²) in [6, 6.07) is 1.92. The summed E-state index contributed by atoms with van der Waals surface area (Å²) in [6.07, 6.45) is 8.72. The highest BCUT2D eigenvalue weighted by Gasteiger charge is 2.15. The first-order valence-electron chi connectivity index (χ1n) is 7.87. The Balaban J connectivity index is 1.72. The maximum absolute atomic E-state index is 11.6. The smallest absolute Gasteiger partial charge is 0.407 e. The van der Waals surface area contributed by atoms with E-state index in [1.807, 2.05) is 50.2 Å². The third kappa shape index (κ3) is 6.14. The van der Waals surface area contributed by atoms with Gasteiger partial charge in [0.25, 0.3) is 0 Å². The van der Waals surface area contributed by atoms with E-state index in [4.69, 9.17) is 4.74 Å². The standard InChI is InChI=1S/C16H25N5O2/c1-16(2,3)23-15(22)18-8-6-14-12-17-13-20(14)9-5-11-21-10-4-7-19-21/h4,7,10,12-13H,5-6,8-9,11H2,1-3H3,(H,18,22). The Bertz CT molecular complexity index is 598. The van der Waals surface area contributed by atoms with Gasteiger partial charge >= 0.3 is 6.09 Å². The molecular formula is C16H25N5O2. The van der Waals surface area contributed by atoms with Crippen LogP contribution in [-0.2, 0) is 24.2 Å². The van der Waals surface area contributed by atoms with Gasteiger partial charge in [0.1, 0.15) is 5.60 Å². The van der Waals surface area contributed by atoms with Crippen molar-refractivity contribution in [3.05, 3.63) is 36.7 Å². The number of aromatic nitrogens is 4. The van der Waals surface area contributed by atoms with Crippen molar-refractivity contribution < 1.29 is 9.53 Å². The van der Waals surface area contributed by atoms with Crippen LogP contribution in [0.4, 0.5) is 4.79 Å². The minimum Gasteiger partial charge on any atom is -0.444 e. The van der Waals surface area contributed by atoms with E-state index in [1.165, 1.54) is 0 Å². The van der Waals surface area contributed by atoms with Gasteiger partial charge in [-0.2, -0.15) is 5.10 Å². The van der Waals surface area contributed by atoms with Crippen LogP contribution in [0.25, 0.3) is 0 Å². The molecule has 7 nitrogen and oxygen atoms in total. The lowest BCUT2D eigenvalue weighted by Crippen LogP contribution is -2.33. The van der Waals surface area contributed by atoms with Gasteiger partial charge in [0.15, 0.2) is 0 Å². The van der Waals surface area contributed by atoms with Gasteiger partial charge in [0, 0.05) is 50.3 Å². The van der Waals surface area contributed by atoms with E-state index in [0.717, 1.165) is 31.6 Å². The van der Waals surface area contributed by atoms with Crippen molar-refractivity contribution in [2.24, 2.45) is 0 Å². The summed E-state index contributed by atoms with van der Waals surface area (Å²) in [4.78, 5) is 15.8. The SMILES string of the molecule is CC(C)(C)OC(=O)NCCc1cncn1CCCn1cccn1. The van der Waals surface area contributed by atoms with Gasteiger partial charge in [-0.05, 0) is 33.3 Å². The first-order valence-corrected chi connectivity index (χ1v) is 7.87. The molecule has 0 atom stereocenters. The molecule has 2 aromatic heterocycles. The lowest BCUT2D eigenvalue weighted by Gasteiger charge is -2.19. The highest BCUT2D eigenvalue weighted by molar-refractivity contribution is 5.67. The van der Waals surface area contributed by atoms with Gasteiger partial charge in [0.05, 0.1) is 6.33 Å². The molecule has 2 rings (SSSR count). The Morgan fingerprint density at radius 3 is 2.87 bits per heavy atom. The topological polar surface area (TPSA) is 74.0 Å². The molecule has 0 saturated carbocycles. The van der Waals surface area contributed by atoms with E-state index in [0.29, 0.717) is 6.54 Å². The number of nitrogens with zero attached hydrogens (tertiary/aromatic N) is 4. The van der Waals surface area contributed by atoms with Crippen LogP contribution >= 0.6 is 0 Å². The third-order valence-corrected chi connectivity index (χ3v) is 3.19. The number of rotatable bonds is 7. The van der Waals surface area contributed by atoms with E-state index < -0.39 is 5.60 Å². The predicted octanol–water partition coefficient (Wildman–Crippen LogP) is 2.24. The quantitative estimate of drug-likeness (QED) is 0.849. The van der Waals surface area contributed by atoms with Crippen molar-refractivity contribution in [2.75, 3.05) is 6.54 Å². The zero-order chi connectivity index (χ0) is 16.7. The molecular weight excluding hydrogens is 294 g/mol. The van der Waals surface area contributed by atoms with E-state index in [-0.39, 0.29) is 6.09 Å². The Morgan fingerprint density at radius 2 is 2.17 bits per heavy atom. The number of carbonyl (C=O) groups excluding carboxylic acids is 1. The number of hydrogen-bond donors (Lipinski definition) is 1. The summed E-state index contributed by atoms with van der Waals surface area (Å²) >= 11 is 0. The Kier molecular flexibility index (Phi) is 5.78. The van der Waals surface area contributed by atoms with Crippen LogP contribution in [0.15, 0.2) is 31.0 Å². The van der Waals surface area contributed by atoms with Crippen LogP contribution in [-0.4, -0.2) is 37.6 Å². The van der Waals surface area contributed by atoms with Gasteiger partial charge < -0.3 is 14.6 Å². The molecule has 0 spiro atoms. The van der Waals surface area contributed by atoms with Crippen LogP contribution < -0.4 is 5.32 Å². The number of ether oxygens (including phenoxy) is 1. The van der Waals surface area contributed by atoms with E-state index >= 15 is 0 Å². The summed E-state index contributed by atoms with van der Waals surface area (Å²) in [5.41, 5.74) is 0.625. The van der Waals surface area contributed by atoms with Crippen molar-refractivity contribution in [2.45, 2.75) is 52.3 Å². The largest absolute Gasteiger partial charge is 0.444 e. The van der Waals surface area contributed by atoms with E-state index in [1.54, 1.807) is 6.20 Å². The fraction of sp³-hybridized carbons (Fsp3) is 0.562. The lowest BCUT2D eigenvalue weighted by molar-refractivity contribution is 0.0528. The number of aryl methyl sites for hydroxylation is 2. The summed E-state index contributed by atoms with van der Waals surface area (Å²) in [7, 11) is 0. The van der Waals surface area contributed by atoms with Gasteiger partial charge in [0.2, 0.25) is 0 Å². The molecule has 126 valence electrons. The molecule has 0 aromatic carbocycles. The normalized spacial score (nSPS) is 11.4. The molecule has 2 aromatic rings. The maximum atomic E-state index is 11.6. The predicted molar refractivity (Wildman–Crippen MR) is 87.0 cm³/mol. The Labute approximate surface area is 136 Å². The Morgan fingerprint density at radius 1 is 1.35 bits per heavy atom. The monoisotopic (exact) mass is 319 g/mol. The molecule has 1 N–H and O–H groups in total. The number of imidazole rings is 1. The van der Waals surface area contributed by atoms with Crippen LogP contribution in [0, 0.1) is 0 Å². The summed E-state index contributed by atoms with van der Waals surface area (Å²) in [5, 5.41) is 6.95. The molecule has 2 heterocycles. The van der Waals surface area contributed by atoms with Gasteiger partial charge in [-0.1, -0.05) is 0 Å². The molecule has 0 saturated heterocycles. The molecule has 0 fully saturated rings. The molecule has 0 aliphatic rings.